The van der Waals surface area contributed by atoms with Crippen molar-refractivity contribution in [2.45, 2.75) is 24.5 Å². The zero-order chi connectivity index (χ0) is 11.8. The molecule has 4 saturated heterocycles. The molecule has 4 heteroatoms. The third kappa shape index (κ3) is 0.942. The van der Waals surface area contributed by atoms with Crippen molar-refractivity contribution >= 4 is 0 Å². The summed E-state index contributed by atoms with van der Waals surface area (Å²) in [5, 5.41) is 0. The molecule has 2 saturated carbocycles. The number of rotatable bonds is 1. The molecule has 4 nitrogen and oxygen atoms in total. The van der Waals surface area contributed by atoms with E-state index in [1.807, 2.05) is 0 Å². The Morgan fingerprint density at radius 1 is 0.889 bits per heavy atom. The summed E-state index contributed by atoms with van der Waals surface area (Å²) in [6, 6.07) is 0.965. The summed E-state index contributed by atoms with van der Waals surface area (Å²) < 4.78 is 12.6. The molecule has 0 aromatic carbocycles. The lowest BCUT2D eigenvalue weighted by atomic mass is 10.2. The molecule has 0 amide bonds. The number of quaternary nitrogens is 1. The molecule has 0 unspecified atom stereocenters. The van der Waals surface area contributed by atoms with Gasteiger partial charge in [-0.2, -0.15) is 0 Å². The van der Waals surface area contributed by atoms with E-state index < -0.39 is 0 Å². The van der Waals surface area contributed by atoms with Crippen molar-refractivity contribution in [2.24, 2.45) is 11.8 Å². The molecule has 6 rings (SSSR count). The van der Waals surface area contributed by atoms with Crippen LogP contribution in [0.15, 0.2) is 0 Å². The number of ether oxygens (including phenoxy) is 2. The fraction of sp³-hybridized carbons (Fsp3) is 1.00. The highest BCUT2D eigenvalue weighted by atomic mass is 16.5. The van der Waals surface area contributed by atoms with Crippen molar-refractivity contribution in [3.63, 3.8) is 0 Å². The molecule has 6 fully saturated rings. The highest BCUT2D eigenvalue weighted by Crippen LogP contribution is 2.76. The molecular weight excluding hydrogens is 228 g/mol. The van der Waals surface area contributed by atoms with Gasteiger partial charge in [-0.15, -0.1) is 0 Å². The Hall–Kier alpha value is -0.160. The number of piperidine rings is 2. The first kappa shape index (κ1) is 10.6. The second-order valence-corrected chi connectivity index (χ2v) is 6.81. The SMILES string of the molecule is C1CN(C23[C@@H]4CC(C[C@H]42)[N+]32CCOCC2)CCO1. The average Bonchev–Trinajstić information content (AvgIpc) is 2.75. The first-order valence-electron chi connectivity index (χ1n) is 7.67. The summed E-state index contributed by atoms with van der Waals surface area (Å²) in [6.07, 6.45) is 3.00. The van der Waals surface area contributed by atoms with Crippen molar-refractivity contribution in [3.05, 3.63) is 0 Å². The Morgan fingerprint density at radius 2 is 1.50 bits per heavy atom. The normalized spacial score (nSPS) is 53.0. The first-order valence-corrected chi connectivity index (χ1v) is 7.67. The van der Waals surface area contributed by atoms with Gasteiger partial charge in [0.05, 0.1) is 32.5 Å². The predicted octanol–water partition coefficient (Wildman–Crippen LogP) is 0.284. The molecule has 0 aromatic rings. The van der Waals surface area contributed by atoms with Crippen LogP contribution in [0.2, 0.25) is 0 Å². The van der Waals surface area contributed by atoms with E-state index in [1.165, 1.54) is 43.5 Å². The summed E-state index contributed by atoms with van der Waals surface area (Å²) in [7, 11) is 0. The fourth-order valence-electron chi connectivity index (χ4n) is 6.28. The van der Waals surface area contributed by atoms with E-state index in [-0.39, 0.29) is 0 Å². The Kier molecular flexibility index (Phi) is 1.94. The summed E-state index contributed by atoms with van der Waals surface area (Å²) in [5.41, 5.74) is 0.540. The van der Waals surface area contributed by atoms with Gasteiger partial charge in [-0.1, -0.05) is 0 Å². The maximum Gasteiger partial charge on any atom is 0.163 e. The number of nitrogens with zero attached hydrogens (tertiary/aromatic N) is 2. The van der Waals surface area contributed by atoms with Gasteiger partial charge >= 0.3 is 0 Å². The quantitative estimate of drug-likeness (QED) is 0.625. The molecule has 4 bridgehead atoms. The van der Waals surface area contributed by atoms with E-state index in [0.717, 1.165) is 44.3 Å². The monoisotopic (exact) mass is 251 g/mol. The lowest BCUT2D eigenvalue weighted by molar-refractivity contribution is -0.982. The van der Waals surface area contributed by atoms with Crippen LogP contribution in [0, 0.1) is 11.8 Å². The number of hydrogen-bond acceptors (Lipinski definition) is 3. The minimum atomic E-state index is 0.540. The van der Waals surface area contributed by atoms with E-state index in [4.69, 9.17) is 9.47 Å². The second-order valence-electron chi connectivity index (χ2n) is 6.81. The first-order chi connectivity index (χ1) is 8.89. The van der Waals surface area contributed by atoms with Crippen molar-refractivity contribution in [3.8, 4) is 0 Å². The van der Waals surface area contributed by atoms with Gasteiger partial charge in [-0.05, 0) is 0 Å². The van der Waals surface area contributed by atoms with Crippen LogP contribution in [0.4, 0.5) is 0 Å². The Labute approximate surface area is 108 Å². The van der Waals surface area contributed by atoms with Crippen LogP contribution < -0.4 is 0 Å². The van der Waals surface area contributed by atoms with Crippen molar-refractivity contribution in [1.29, 1.82) is 0 Å². The van der Waals surface area contributed by atoms with E-state index in [0.29, 0.717) is 5.66 Å². The zero-order valence-corrected chi connectivity index (χ0v) is 11.0. The highest BCUT2D eigenvalue weighted by Gasteiger charge is 2.90. The molecule has 18 heavy (non-hydrogen) atoms. The summed E-state index contributed by atoms with van der Waals surface area (Å²) in [4.78, 5) is 2.82. The standard InChI is InChI=1S/C14H23N2O2/c1-5-17-6-2-15(1)14-12-9-11(10-13(12)14)16(14)3-7-18-8-4-16/h11-13H,1-10H2/q+1/t11?,12-,13-,14?/m1/s1. The van der Waals surface area contributed by atoms with Gasteiger partial charge in [-0.3, -0.25) is 4.48 Å². The lowest BCUT2D eigenvalue weighted by Crippen LogP contribution is -2.68. The molecule has 2 aliphatic carbocycles. The van der Waals surface area contributed by atoms with Crippen molar-refractivity contribution in [1.82, 2.24) is 4.90 Å². The average molecular weight is 251 g/mol. The molecule has 4 aliphatic heterocycles. The zero-order valence-electron chi connectivity index (χ0n) is 11.0. The van der Waals surface area contributed by atoms with Crippen LogP contribution >= 0.6 is 0 Å². The molecule has 100 valence electrons. The van der Waals surface area contributed by atoms with Gasteiger partial charge in [-0.25, -0.2) is 4.90 Å². The smallest absolute Gasteiger partial charge is 0.163 e. The third-order valence-corrected chi connectivity index (χ3v) is 6.72. The van der Waals surface area contributed by atoms with Gasteiger partial charge in [0, 0.05) is 37.8 Å². The minimum Gasteiger partial charge on any atom is -0.379 e. The molecule has 0 aromatic heterocycles. The van der Waals surface area contributed by atoms with Gasteiger partial charge in [0.2, 0.25) is 0 Å². The lowest BCUT2D eigenvalue weighted by Gasteiger charge is -2.50. The van der Waals surface area contributed by atoms with E-state index in [9.17, 15) is 0 Å². The summed E-state index contributed by atoms with van der Waals surface area (Å²) in [5.74, 6) is 2.03. The van der Waals surface area contributed by atoms with Crippen molar-refractivity contribution in [2.75, 3.05) is 52.6 Å². The van der Waals surface area contributed by atoms with E-state index in [2.05, 4.69) is 4.90 Å². The van der Waals surface area contributed by atoms with Gasteiger partial charge in [0.1, 0.15) is 13.1 Å². The van der Waals surface area contributed by atoms with E-state index in [1.54, 1.807) is 0 Å². The Morgan fingerprint density at radius 3 is 2.17 bits per heavy atom. The molecule has 0 radical (unpaired) electrons. The molecule has 0 N–H and O–H groups in total. The molecular formula is C14H23N2O2+. The Bertz CT molecular complexity index is 362. The molecule has 2 atom stereocenters. The van der Waals surface area contributed by atoms with Crippen LogP contribution in [-0.2, 0) is 9.47 Å². The predicted molar refractivity (Wildman–Crippen MR) is 65.9 cm³/mol. The van der Waals surface area contributed by atoms with E-state index >= 15 is 0 Å². The highest BCUT2D eigenvalue weighted by molar-refractivity contribution is 5.24. The van der Waals surface area contributed by atoms with Crippen molar-refractivity contribution < 1.29 is 14.0 Å². The van der Waals surface area contributed by atoms with Crippen LogP contribution in [0.5, 0.6) is 0 Å². The van der Waals surface area contributed by atoms with Gasteiger partial charge < -0.3 is 9.47 Å². The molecule has 6 aliphatic rings. The largest absolute Gasteiger partial charge is 0.379 e. The maximum absolute atomic E-state index is 5.66. The fourth-order valence-corrected chi connectivity index (χ4v) is 6.28. The summed E-state index contributed by atoms with van der Waals surface area (Å²) in [6.45, 7) is 8.75. The summed E-state index contributed by atoms with van der Waals surface area (Å²) >= 11 is 0. The second kappa shape index (κ2) is 3.29. The van der Waals surface area contributed by atoms with Crippen LogP contribution in [0.25, 0.3) is 0 Å². The molecule has 1 spiro atoms. The minimum absolute atomic E-state index is 0.540. The topological polar surface area (TPSA) is 21.7 Å². The van der Waals surface area contributed by atoms with Crippen LogP contribution in [0.1, 0.15) is 12.8 Å². The number of morpholine rings is 2. The van der Waals surface area contributed by atoms with Gasteiger partial charge in [0.15, 0.2) is 5.66 Å². The maximum atomic E-state index is 5.66. The van der Waals surface area contributed by atoms with Gasteiger partial charge in [0.25, 0.3) is 0 Å². The van der Waals surface area contributed by atoms with Crippen LogP contribution in [0.3, 0.4) is 0 Å². The molecule has 4 heterocycles. The van der Waals surface area contributed by atoms with Crippen LogP contribution in [-0.4, -0.2) is 73.7 Å². The number of hydrogen-bond donors (Lipinski definition) is 0. The Balaban J connectivity index is 1.55. The third-order valence-electron chi connectivity index (χ3n) is 6.72.